The Kier molecular flexibility index (Phi) is 5.66. The van der Waals surface area contributed by atoms with Crippen LogP contribution in [0.3, 0.4) is 0 Å². The van der Waals surface area contributed by atoms with E-state index in [1.165, 1.54) is 0 Å². The predicted octanol–water partition coefficient (Wildman–Crippen LogP) is 3.36. The first-order valence-electron chi connectivity index (χ1n) is 5.90. The molecule has 0 bridgehead atoms. The molecule has 1 N–H and O–H groups in total. The summed E-state index contributed by atoms with van der Waals surface area (Å²) >= 11 is 7.47. The number of ether oxygens (including phenoxy) is 2. The highest BCUT2D eigenvalue weighted by Crippen LogP contribution is 2.17. The lowest BCUT2D eigenvalue weighted by molar-refractivity contribution is 0.00625. The number of aliphatic hydroxyl groups excluding tert-OH is 1. The van der Waals surface area contributed by atoms with Gasteiger partial charge in [-0.15, -0.1) is 11.3 Å². The van der Waals surface area contributed by atoms with Crippen molar-refractivity contribution in [1.29, 1.82) is 0 Å². The molecule has 1 heterocycles. The minimum absolute atomic E-state index is 0.185. The van der Waals surface area contributed by atoms with Gasteiger partial charge in [-0.2, -0.15) is 0 Å². The lowest BCUT2D eigenvalue weighted by atomic mass is 10.3. The van der Waals surface area contributed by atoms with Crippen LogP contribution in [-0.2, 0) is 11.3 Å². The first kappa shape index (κ1) is 14.3. The first-order valence-corrected chi connectivity index (χ1v) is 7.16. The van der Waals surface area contributed by atoms with Gasteiger partial charge in [0.1, 0.15) is 18.5 Å². The average Bonchev–Trinajstić information content (AvgIpc) is 2.90. The van der Waals surface area contributed by atoms with E-state index in [4.69, 9.17) is 21.1 Å². The molecule has 1 aromatic heterocycles. The van der Waals surface area contributed by atoms with E-state index in [2.05, 4.69) is 0 Å². The Morgan fingerprint density at radius 1 is 1.21 bits per heavy atom. The Morgan fingerprint density at radius 2 is 2.11 bits per heavy atom. The molecule has 0 amide bonds. The maximum absolute atomic E-state index is 9.73. The van der Waals surface area contributed by atoms with Gasteiger partial charge in [0.15, 0.2) is 0 Å². The van der Waals surface area contributed by atoms with Crippen molar-refractivity contribution in [3.8, 4) is 5.75 Å². The Labute approximate surface area is 121 Å². The van der Waals surface area contributed by atoms with Crippen LogP contribution in [0.5, 0.6) is 5.75 Å². The van der Waals surface area contributed by atoms with Crippen LogP contribution in [0.15, 0.2) is 41.8 Å². The quantitative estimate of drug-likeness (QED) is 0.852. The van der Waals surface area contributed by atoms with Crippen molar-refractivity contribution in [2.24, 2.45) is 0 Å². The molecule has 5 heteroatoms. The van der Waals surface area contributed by atoms with E-state index in [1.807, 2.05) is 17.5 Å². The highest BCUT2D eigenvalue weighted by atomic mass is 35.5. The molecule has 102 valence electrons. The van der Waals surface area contributed by atoms with E-state index in [9.17, 15) is 5.11 Å². The second-order valence-electron chi connectivity index (χ2n) is 4.02. The van der Waals surface area contributed by atoms with Crippen molar-refractivity contribution < 1.29 is 14.6 Å². The SMILES string of the molecule is OC(COCc1cccs1)COc1cccc(Cl)c1. The second-order valence-corrected chi connectivity index (χ2v) is 5.49. The number of hydrogen-bond acceptors (Lipinski definition) is 4. The van der Waals surface area contributed by atoms with Crippen LogP contribution in [0.2, 0.25) is 5.02 Å². The molecule has 1 atom stereocenters. The van der Waals surface area contributed by atoms with Gasteiger partial charge >= 0.3 is 0 Å². The van der Waals surface area contributed by atoms with Crippen LogP contribution in [-0.4, -0.2) is 24.4 Å². The van der Waals surface area contributed by atoms with E-state index in [1.54, 1.807) is 35.6 Å². The highest BCUT2D eigenvalue weighted by Gasteiger charge is 2.06. The zero-order chi connectivity index (χ0) is 13.5. The van der Waals surface area contributed by atoms with Crippen LogP contribution in [0.4, 0.5) is 0 Å². The predicted molar refractivity (Wildman–Crippen MR) is 76.9 cm³/mol. The molecule has 1 aromatic carbocycles. The molecule has 0 aliphatic heterocycles. The Bertz CT molecular complexity index is 487. The number of aliphatic hydroxyl groups is 1. The lowest BCUT2D eigenvalue weighted by Crippen LogP contribution is -2.23. The molecule has 2 aromatic rings. The molecule has 0 fully saturated rings. The summed E-state index contributed by atoms with van der Waals surface area (Å²) in [5, 5.41) is 12.3. The molecule has 1 unspecified atom stereocenters. The maximum atomic E-state index is 9.73. The third-order valence-corrected chi connectivity index (χ3v) is 3.46. The van der Waals surface area contributed by atoms with Crippen molar-refractivity contribution in [1.82, 2.24) is 0 Å². The second kappa shape index (κ2) is 7.50. The largest absolute Gasteiger partial charge is 0.491 e. The molecule has 19 heavy (non-hydrogen) atoms. The summed E-state index contributed by atoms with van der Waals surface area (Å²) < 4.78 is 10.8. The highest BCUT2D eigenvalue weighted by molar-refractivity contribution is 7.09. The van der Waals surface area contributed by atoms with Crippen LogP contribution in [0, 0.1) is 0 Å². The minimum atomic E-state index is -0.654. The number of benzene rings is 1. The fourth-order valence-electron chi connectivity index (χ4n) is 1.49. The monoisotopic (exact) mass is 298 g/mol. The first-order chi connectivity index (χ1) is 9.24. The molecule has 0 aliphatic carbocycles. The van der Waals surface area contributed by atoms with Gasteiger partial charge in [-0.25, -0.2) is 0 Å². The summed E-state index contributed by atoms with van der Waals surface area (Å²) in [6.07, 6.45) is -0.654. The van der Waals surface area contributed by atoms with Gasteiger partial charge in [-0.3, -0.25) is 0 Å². The molecule has 3 nitrogen and oxygen atoms in total. The summed E-state index contributed by atoms with van der Waals surface area (Å²) in [5.41, 5.74) is 0. The van der Waals surface area contributed by atoms with Crippen molar-refractivity contribution in [2.45, 2.75) is 12.7 Å². The third kappa shape index (κ3) is 5.20. The van der Waals surface area contributed by atoms with Crippen molar-refractivity contribution >= 4 is 22.9 Å². The summed E-state index contributed by atoms with van der Waals surface area (Å²) in [6.45, 7) is 0.954. The van der Waals surface area contributed by atoms with Gasteiger partial charge in [0.25, 0.3) is 0 Å². The van der Waals surface area contributed by atoms with Gasteiger partial charge < -0.3 is 14.6 Å². The van der Waals surface area contributed by atoms with E-state index < -0.39 is 6.10 Å². The third-order valence-electron chi connectivity index (χ3n) is 2.37. The van der Waals surface area contributed by atoms with Crippen LogP contribution in [0.25, 0.3) is 0 Å². The molecular formula is C14H15ClO3S. The summed E-state index contributed by atoms with van der Waals surface area (Å²) in [4.78, 5) is 1.14. The average molecular weight is 299 g/mol. The normalized spacial score (nSPS) is 12.3. The topological polar surface area (TPSA) is 38.7 Å². The zero-order valence-electron chi connectivity index (χ0n) is 10.3. The van der Waals surface area contributed by atoms with Crippen molar-refractivity contribution in [2.75, 3.05) is 13.2 Å². The summed E-state index contributed by atoms with van der Waals surface area (Å²) in [6, 6.07) is 11.1. The van der Waals surface area contributed by atoms with Crippen LogP contribution < -0.4 is 4.74 Å². The maximum Gasteiger partial charge on any atom is 0.120 e. The number of hydrogen-bond donors (Lipinski definition) is 1. The molecule has 0 spiro atoms. The van der Waals surface area contributed by atoms with Crippen LogP contribution >= 0.6 is 22.9 Å². The van der Waals surface area contributed by atoms with Crippen molar-refractivity contribution in [3.63, 3.8) is 0 Å². The Morgan fingerprint density at radius 3 is 2.84 bits per heavy atom. The molecule has 0 aliphatic rings. The fourth-order valence-corrected chi connectivity index (χ4v) is 2.31. The van der Waals surface area contributed by atoms with E-state index in [0.29, 0.717) is 17.4 Å². The smallest absolute Gasteiger partial charge is 0.120 e. The van der Waals surface area contributed by atoms with E-state index in [0.717, 1.165) is 4.88 Å². The van der Waals surface area contributed by atoms with E-state index in [-0.39, 0.29) is 13.2 Å². The van der Waals surface area contributed by atoms with Gasteiger partial charge in [0, 0.05) is 9.90 Å². The van der Waals surface area contributed by atoms with E-state index >= 15 is 0 Å². The minimum Gasteiger partial charge on any atom is -0.491 e. The van der Waals surface area contributed by atoms with Gasteiger partial charge in [0.05, 0.1) is 13.2 Å². The molecule has 0 saturated heterocycles. The van der Waals surface area contributed by atoms with Gasteiger partial charge in [-0.1, -0.05) is 23.7 Å². The van der Waals surface area contributed by atoms with Crippen molar-refractivity contribution in [3.05, 3.63) is 51.7 Å². The number of thiophene rings is 1. The summed E-state index contributed by atoms with van der Waals surface area (Å²) in [7, 11) is 0. The molecule has 0 radical (unpaired) electrons. The zero-order valence-corrected chi connectivity index (χ0v) is 11.9. The Hall–Kier alpha value is -1.07. The van der Waals surface area contributed by atoms with Crippen LogP contribution in [0.1, 0.15) is 4.88 Å². The summed E-state index contributed by atoms with van der Waals surface area (Å²) in [5.74, 6) is 0.643. The van der Waals surface area contributed by atoms with Gasteiger partial charge in [-0.05, 0) is 29.6 Å². The molecule has 2 rings (SSSR count). The lowest BCUT2D eigenvalue weighted by Gasteiger charge is -2.12. The number of halogens is 1. The Balaban J connectivity index is 1.65. The fraction of sp³-hybridized carbons (Fsp3) is 0.286. The molecule has 0 saturated carbocycles. The standard InChI is InChI=1S/C14H15ClO3S/c15-11-3-1-4-13(7-11)18-9-12(16)8-17-10-14-5-2-6-19-14/h1-7,12,16H,8-10H2. The molecular weight excluding hydrogens is 284 g/mol. The van der Waals surface area contributed by atoms with Gasteiger partial charge in [0.2, 0.25) is 0 Å². The number of rotatable bonds is 7.